The lowest BCUT2D eigenvalue weighted by molar-refractivity contribution is 0.102. The Morgan fingerprint density at radius 2 is 1.96 bits per heavy atom. The number of amides is 1. The molecule has 4 rings (SSSR count). The lowest BCUT2D eigenvalue weighted by Crippen LogP contribution is -2.13. The smallest absolute Gasteiger partial charge is 0.255 e. The Morgan fingerprint density at radius 3 is 2.81 bits per heavy atom. The van der Waals surface area contributed by atoms with Gasteiger partial charge in [0, 0.05) is 30.7 Å². The average Bonchev–Trinajstić information content (AvgIpc) is 2.67. The van der Waals surface area contributed by atoms with Crippen LogP contribution in [0.25, 0.3) is 17.0 Å². The molecule has 4 heteroatoms. The number of benzene rings is 2. The van der Waals surface area contributed by atoms with Crippen LogP contribution in [0.5, 0.6) is 0 Å². The molecule has 0 saturated carbocycles. The monoisotopic (exact) mass is 343 g/mol. The lowest BCUT2D eigenvalue weighted by Gasteiger charge is -2.13. The summed E-state index contributed by atoms with van der Waals surface area (Å²) in [5, 5.41) is 4.00. The van der Waals surface area contributed by atoms with Gasteiger partial charge >= 0.3 is 0 Å². The highest BCUT2D eigenvalue weighted by molar-refractivity contribution is 6.05. The molecule has 1 heterocycles. The third-order valence-corrected chi connectivity index (χ3v) is 4.67. The van der Waals surface area contributed by atoms with Crippen LogP contribution in [0.3, 0.4) is 0 Å². The highest BCUT2D eigenvalue weighted by Gasteiger charge is 2.11. The van der Waals surface area contributed by atoms with Crippen LogP contribution in [-0.2, 0) is 6.42 Å². The Kier molecular flexibility index (Phi) is 4.17. The molecule has 130 valence electrons. The number of rotatable bonds is 3. The minimum Gasteiger partial charge on any atom is -0.363 e. The number of carbonyl (C=O) groups is 1. The Hall–Kier alpha value is -3.14. The van der Waals surface area contributed by atoms with Crippen LogP contribution in [0.2, 0.25) is 0 Å². The van der Waals surface area contributed by atoms with Gasteiger partial charge in [-0.3, -0.25) is 4.79 Å². The fourth-order valence-electron chi connectivity index (χ4n) is 3.22. The van der Waals surface area contributed by atoms with Gasteiger partial charge < -0.3 is 10.2 Å². The van der Waals surface area contributed by atoms with Crippen molar-refractivity contribution in [2.75, 3.05) is 24.3 Å². The third kappa shape index (κ3) is 3.18. The molecule has 1 amide bonds. The number of aryl methyl sites for hydroxylation is 1. The van der Waals surface area contributed by atoms with Crippen molar-refractivity contribution >= 4 is 34.4 Å². The summed E-state index contributed by atoms with van der Waals surface area (Å²) in [6.45, 7) is 0. The molecule has 0 aliphatic heterocycles. The molecule has 0 fully saturated rings. The van der Waals surface area contributed by atoms with Gasteiger partial charge in [0.2, 0.25) is 0 Å². The first kappa shape index (κ1) is 16.3. The first-order chi connectivity index (χ1) is 12.6. The number of nitrogens with one attached hydrogen (secondary N) is 1. The van der Waals surface area contributed by atoms with Crippen LogP contribution < -0.4 is 10.2 Å². The fraction of sp³-hybridized carbons (Fsp3) is 0.182. The van der Waals surface area contributed by atoms with Crippen LogP contribution in [0.1, 0.15) is 27.9 Å². The number of aromatic nitrogens is 1. The number of anilines is 2. The van der Waals surface area contributed by atoms with E-state index in [0.29, 0.717) is 5.56 Å². The van der Waals surface area contributed by atoms with E-state index >= 15 is 0 Å². The number of hydrogen-bond donors (Lipinski definition) is 1. The number of nitrogens with zero attached hydrogens (tertiary/aromatic N) is 2. The third-order valence-electron chi connectivity index (χ3n) is 4.67. The second-order valence-electron chi connectivity index (χ2n) is 6.78. The first-order valence-electron chi connectivity index (χ1n) is 8.79. The van der Waals surface area contributed by atoms with Crippen molar-refractivity contribution in [3.8, 4) is 0 Å². The largest absolute Gasteiger partial charge is 0.363 e. The van der Waals surface area contributed by atoms with Gasteiger partial charge in [-0.05, 0) is 66.4 Å². The number of fused-ring (bicyclic) bond motifs is 2. The van der Waals surface area contributed by atoms with E-state index in [1.165, 1.54) is 11.1 Å². The lowest BCUT2D eigenvalue weighted by atomic mass is 9.95. The van der Waals surface area contributed by atoms with E-state index in [-0.39, 0.29) is 5.91 Å². The summed E-state index contributed by atoms with van der Waals surface area (Å²) in [6.07, 6.45) is 6.32. The van der Waals surface area contributed by atoms with Crippen LogP contribution >= 0.6 is 0 Å². The minimum absolute atomic E-state index is 0.0837. The zero-order valence-electron chi connectivity index (χ0n) is 15.0. The molecular formula is C22H21N3O. The fourth-order valence-corrected chi connectivity index (χ4v) is 3.22. The number of allylic oxidation sites excluding steroid dienone is 1. The molecule has 0 saturated heterocycles. The van der Waals surface area contributed by atoms with Gasteiger partial charge in [-0.2, -0.15) is 0 Å². The van der Waals surface area contributed by atoms with Crippen molar-refractivity contribution in [2.24, 2.45) is 0 Å². The molecule has 1 aliphatic carbocycles. The van der Waals surface area contributed by atoms with Crippen molar-refractivity contribution in [3.63, 3.8) is 0 Å². The number of hydrogen-bond acceptors (Lipinski definition) is 3. The molecule has 2 aromatic carbocycles. The highest BCUT2D eigenvalue weighted by atomic mass is 16.1. The van der Waals surface area contributed by atoms with E-state index in [2.05, 4.69) is 22.5 Å². The molecule has 1 N–H and O–H groups in total. The molecule has 0 atom stereocenters. The molecule has 1 aromatic heterocycles. The van der Waals surface area contributed by atoms with E-state index in [0.717, 1.165) is 35.2 Å². The van der Waals surface area contributed by atoms with Crippen molar-refractivity contribution in [1.82, 2.24) is 4.98 Å². The van der Waals surface area contributed by atoms with Crippen molar-refractivity contribution in [3.05, 3.63) is 71.3 Å². The van der Waals surface area contributed by atoms with Crippen molar-refractivity contribution in [2.45, 2.75) is 12.8 Å². The highest BCUT2D eigenvalue weighted by Crippen LogP contribution is 2.23. The van der Waals surface area contributed by atoms with E-state index in [1.54, 1.807) is 0 Å². The zero-order chi connectivity index (χ0) is 18.1. The van der Waals surface area contributed by atoms with Crippen LogP contribution in [0.4, 0.5) is 11.5 Å². The second-order valence-corrected chi connectivity index (χ2v) is 6.78. The summed E-state index contributed by atoms with van der Waals surface area (Å²) < 4.78 is 0. The Bertz CT molecular complexity index is 1020. The summed E-state index contributed by atoms with van der Waals surface area (Å²) >= 11 is 0. The Labute approximate surface area is 153 Å². The van der Waals surface area contributed by atoms with E-state index in [4.69, 9.17) is 0 Å². The molecule has 4 nitrogen and oxygen atoms in total. The maximum absolute atomic E-state index is 12.6. The van der Waals surface area contributed by atoms with Crippen LogP contribution in [0.15, 0.2) is 54.6 Å². The zero-order valence-corrected chi connectivity index (χ0v) is 15.0. The van der Waals surface area contributed by atoms with Crippen LogP contribution in [0, 0.1) is 0 Å². The Morgan fingerprint density at radius 1 is 1.08 bits per heavy atom. The molecular weight excluding hydrogens is 322 g/mol. The van der Waals surface area contributed by atoms with Gasteiger partial charge in [-0.15, -0.1) is 0 Å². The Balaban J connectivity index is 1.57. The summed E-state index contributed by atoms with van der Waals surface area (Å²) in [7, 11) is 3.94. The predicted octanol–water partition coefficient (Wildman–Crippen LogP) is 4.51. The predicted molar refractivity (Wildman–Crippen MR) is 108 cm³/mol. The molecule has 0 spiro atoms. The second kappa shape index (κ2) is 6.64. The SMILES string of the molecule is CN(C)c1ccc2cc(NC(=O)c3ccc4c(c3)CCC=C4)ccc2n1. The first-order valence-corrected chi connectivity index (χ1v) is 8.79. The molecule has 1 aliphatic rings. The average molecular weight is 343 g/mol. The molecule has 0 unspecified atom stereocenters. The van der Waals surface area contributed by atoms with Gasteiger partial charge in [0.1, 0.15) is 5.82 Å². The molecule has 0 bridgehead atoms. The van der Waals surface area contributed by atoms with Crippen molar-refractivity contribution in [1.29, 1.82) is 0 Å². The van der Waals surface area contributed by atoms with E-state index in [9.17, 15) is 4.79 Å². The minimum atomic E-state index is -0.0837. The maximum Gasteiger partial charge on any atom is 0.255 e. The van der Waals surface area contributed by atoms with Crippen LogP contribution in [-0.4, -0.2) is 25.0 Å². The van der Waals surface area contributed by atoms with E-state index in [1.807, 2.05) is 67.5 Å². The maximum atomic E-state index is 12.6. The van der Waals surface area contributed by atoms with Gasteiger partial charge in [-0.25, -0.2) is 4.98 Å². The summed E-state index contributed by atoms with van der Waals surface area (Å²) in [5.41, 5.74) is 4.83. The summed E-state index contributed by atoms with van der Waals surface area (Å²) in [6, 6.07) is 15.7. The summed E-state index contributed by atoms with van der Waals surface area (Å²) in [4.78, 5) is 19.2. The van der Waals surface area contributed by atoms with Gasteiger partial charge in [0.05, 0.1) is 5.52 Å². The van der Waals surface area contributed by atoms with Gasteiger partial charge in [0.15, 0.2) is 0 Å². The molecule has 26 heavy (non-hydrogen) atoms. The topological polar surface area (TPSA) is 45.2 Å². The van der Waals surface area contributed by atoms with Gasteiger partial charge in [-0.1, -0.05) is 18.2 Å². The number of pyridine rings is 1. The molecule has 3 aromatic rings. The number of carbonyl (C=O) groups excluding carboxylic acids is 1. The normalized spacial score (nSPS) is 12.7. The van der Waals surface area contributed by atoms with Crippen molar-refractivity contribution < 1.29 is 4.79 Å². The molecule has 0 radical (unpaired) electrons. The standard InChI is InChI=1S/C22H21N3O/c1-25(2)21-12-9-17-14-19(10-11-20(17)24-21)23-22(26)18-8-7-15-5-3-4-6-16(15)13-18/h3,5,7-14H,4,6H2,1-2H3,(H,23,26). The van der Waals surface area contributed by atoms with Gasteiger partial charge in [0.25, 0.3) is 5.91 Å². The summed E-state index contributed by atoms with van der Waals surface area (Å²) in [5.74, 6) is 0.831. The quantitative estimate of drug-likeness (QED) is 0.761. The van der Waals surface area contributed by atoms with E-state index < -0.39 is 0 Å².